The third-order valence-electron chi connectivity index (χ3n) is 4.02. The fraction of sp³-hybridized carbons (Fsp3) is 0.600. The number of hydrogen-bond acceptors (Lipinski definition) is 4. The fourth-order valence-corrected chi connectivity index (χ4v) is 4.57. The average molecular weight is 311 g/mol. The normalized spacial score (nSPS) is 16.9. The van der Waals surface area contributed by atoms with E-state index < -0.39 is 10.0 Å². The molecule has 21 heavy (non-hydrogen) atoms. The smallest absolute Gasteiger partial charge is 0.245 e. The van der Waals surface area contributed by atoms with Gasteiger partial charge in [0.15, 0.2) is 0 Å². The van der Waals surface area contributed by atoms with Crippen molar-refractivity contribution in [3.05, 3.63) is 18.2 Å². The van der Waals surface area contributed by atoms with Crippen molar-refractivity contribution >= 4 is 21.4 Å². The minimum atomic E-state index is -3.47. The van der Waals surface area contributed by atoms with Crippen molar-refractivity contribution < 1.29 is 8.42 Å². The molecule has 2 rings (SSSR count). The molecule has 6 heteroatoms. The Kier molecular flexibility index (Phi) is 5.11. The van der Waals surface area contributed by atoms with Crippen molar-refractivity contribution in [2.75, 3.05) is 36.8 Å². The number of nitrogens with two attached hydrogens (primary N) is 1. The van der Waals surface area contributed by atoms with Crippen LogP contribution in [0.25, 0.3) is 0 Å². The van der Waals surface area contributed by atoms with E-state index in [-0.39, 0.29) is 0 Å². The number of sulfonamides is 1. The van der Waals surface area contributed by atoms with Gasteiger partial charge in [0.05, 0.1) is 5.69 Å². The van der Waals surface area contributed by atoms with E-state index in [2.05, 4.69) is 4.90 Å². The predicted octanol–water partition coefficient (Wildman–Crippen LogP) is 2.29. The standard InChI is InChI=1S/C15H25N3O2S/c1-3-17(4-2)14-9-8-13(16)12-15(14)21(19,20)18-10-6-5-7-11-18/h8-9,12H,3-7,10-11,16H2,1-2H3. The van der Waals surface area contributed by atoms with E-state index in [1.807, 2.05) is 19.9 Å². The molecule has 0 radical (unpaired) electrons. The van der Waals surface area contributed by atoms with Crippen LogP contribution in [-0.4, -0.2) is 38.9 Å². The number of anilines is 2. The second-order valence-corrected chi connectivity index (χ2v) is 7.27. The first-order chi connectivity index (χ1) is 10.0. The summed E-state index contributed by atoms with van der Waals surface area (Å²) in [6.07, 6.45) is 2.97. The molecule has 1 aliphatic heterocycles. The van der Waals surface area contributed by atoms with Gasteiger partial charge in [-0.2, -0.15) is 4.31 Å². The van der Waals surface area contributed by atoms with Crippen LogP contribution >= 0.6 is 0 Å². The van der Waals surface area contributed by atoms with E-state index in [0.717, 1.165) is 38.0 Å². The van der Waals surface area contributed by atoms with Crippen LogP contribution in [0.3, 0.4) is 0 Å². The van der Waals surface area contributed by atoms with E-state index in [0.29, 0.717) is 23.7 Å². The molecule has 0 unspecified atom stereocenters. The summed E-state index contributed by atoms with van der Waals surface area (Å²) < 4.78 is 27.5. The van der Waals surface area contributed by atoms with Crippen molar-refractivity contribution in [1.82, 2.24) is 4.31 Å². The Bertz CT molecular complexity index is 577. The maximum Gasteiger partial charge on any atom is 0.245 e. The lowest BCUT2D eigenvalue weighted by Gasteiger charge is -2.29. The summed E-state index contributed by atoms with van der Waals surface area (Å²) in [5.41, 5.74) is 7.07. The summed E-state index contributed by atoms with van der Waals surface area (Å²) in [7, 11) is -3.47. The Labute approximate surface area is 127 Å². The molecule has 2 N–H and O–H groups in total. The maximum atomic E-state index is 12.9. The van der Waals surface area contributed by atoms with Gasteiger partial charge in [-0.25, -0.2) is 8.42 Å². The number of rotatable bonds is 5. The Hall–Kier alpha value is -1.27. The van der Waals surface area contributed by atoms with Crippen LogP contribution in [0.4, 0.5) is 11.4 Å². The molecule has 1 aromatic carbocycles. The highest BCUT2D eigenvalue weighted by molar-refractivity contribution is 7.89. The highest BCUT2D eigenvalue weighted by atomic mass is 32.2. The molecule has 0 bridgehead atoms. The number of nitrogens with zero attached hydrogens (tertiary/aromatic N) is 2. The molecule has 5 nitrogen and oxygen atoms in total. The van der Waals surface area contributed by atoms with E-state index in [4.69, 9.17) is 5.73 Å². The summed E-state index contributed by atoms with van der Waals surface area (Å²) in [5.74, 6) is 0. The first kappa shape index (κ1) is 16.1. The van der Waals surface area contributed by atoms with Gasteiger partial charge in [0.1, 0.15) is 4.90 Å². The molecular weight excluding hydrogens is 286 g/mol. The van der Waals surface area contributed by atoms with Crippen molar-refractivity contribution in [1.29, 1.82) is 0 Å². The molecule has 1 aliphatic rings. The zero-order chi connectivity index (χ0) is 15.5. The van der Waals surface area contributed by atoms with Gasteiger partial charge in [0.2, 0.25) is 10.0 Å². The first-order valence-electron chi connectivity index (χ1n) is 7.65. The van der Waals surface area contributed by atoms with Gasteiger partial charge < -0.3 is 10.6 Å². The minimum absolute atomic E-state index is 0.341. The third kappa shape index (κ3) is 3.32. The summed E-state index contributed by atoms with van der Waals surface area (Å²) in [4.78, 5) is 2.39. The largest absolute Gasteiger partial charge is 0.399 e. The molecule has 0 spiro atoms. The molecule has 0 aromatic heterocycles. The maximum absolute atomic E-state index is 12.9. The lowest BCUT2D eigenvalue weighted by molar-refractivity contribution is 0.346. The van der Waals surface area contributed by atoms with Gasteiger partial charge in [-0.15, -0.1) is 0 Å². The lowest BCUT2D eigenvalue weighted by atomic mass is 10.2. The molecule has 0 saturated carbocycles. The average Bonchev–Trinajstić information content (AvgIpc) is 2.50. The van der Waals surface area contributed by atoms with Gasteiger partial charge >= 0.3 is 0 Å². The van der Waals surface area contributed by atoms with Crippen molar-refractivity contribution in [3.63, 3.8) is 0 Å². The highest BCUT2D eigenvalue weighted by Gasteiger charge is 2.29. The summed E-state index contributed by atoms with van der Waals surface area (Å²) in [6, 6.07) is 5.18. The molecular formula is C15H25N3O2S. The SMILES string of the molecule is CCN(CC)c1ccc(N)cc1S(=O)(=O)N1CCCCC1. The van der Waals surface area contributed by atoms with Crippen LogP contribution in [0.5, 0.6) is 0 Å². The molecule has 1 aromatic rings. The summed E-state index contributed by atoms with van der Waals surface area (Å²) in [5, 5.41) is 0. The highest BCUT2D eigenvalue weighted by Crippen LogP contribution is 2.31. The van der Waals surface area contributed by atoms with E-state index in [1.54, 1.807) is 16.4 Å². The molecule has 118 valence electrons. The van der Waals surface area contributed by atoms with Crippen LogP contribution in [0, 0.1) is 0 Å². The molecule has 1 fully saturated rings. The van der Waals surface area contributed by atoms with Gasteiger partial charge in [0.25, 0.3) is 0 Å². The predicted molar refractivity (Wildman–Crippen MR) is 87.0 cm³/mol. The molecule has 1 saturated heterocycles. The van der Waals surface area contributed by atoms with Crippen LogP contribution in [0.2, 0.25) is 0 Å². The first-order valence-corrected chi connectivity index (χ1v) is 9.09. The molecule has 1 heterocycles. The number of benzene rings is 1. The molecule has 0 amide bonds. The Balaban J connectivity index is 2.47. The van der Waals surface area contributed by atoms with E-state index in [1.165, 1.54) is 0 Å². The Morgan fingerprint density at radius 1 is 1.14 bits per heavy atom. The van der Waals surface area contributed by atoms with Gasteiger partial charge in [0, 0.05) is 31.9 Å². The Morgan fingerprint density at radius 2 is 1.76 bits per heavy atom. The number of nitrogen functional groups attached to an aromatic ring is 1. The third-order valence-corrected chi connectivity index (χ3v) is 5.95. The minimum Gasteiger partial charge on any atom is -0.399 e. The molecule has 0 atom stereocenters. The lowest BCUT2D eigenvalue weighted by Crippen LogP contribution is -2.36. The quantitative estimate of drug-likeness (QED) is 0.847. The van der Waals surface area contributed by atoms with Gasteiger partial charge in [-0.3, -0.25) is 0 Å². The van der Waals surface area contributed by atoms with Crippen LogP contribution in [0.1, 0.15) is 33.1 Å². The second-order valence-electron chi connectivity index (χ2n) is 5.36. The summed E-state index contributed by atoms with van der Waals surface area (Å²) in [6.45, 7) is 6.80. The van der Waals surface area contributed by atoms with E-state index >= 15 is 0 Å². The van der Waals surface area contributed by atoms with Gasteiger partial charge in [-0.05, 0) is 44.9 Å². The summed E-state index contributed by atoms with van der Waals surface area (Å²) >= 11 is 0. The second kappa shape index (κ2) is 6.66. The fourth-order valence-electron chi connectivity index (χ4n) is 2.81. The number of piperidine rings is 1. The Morgan fingerprint density at radius 3 is 2.33 bits per heavy atom. The van der Waals surface area contributed by atoms with Crippen molar-refractivity contribution in [2.24, 2.45) is 0 Å². The van der Waals surface area contributed by atoms with Crippen molar-refractivity contribution in [3.8, 4) is 0 Å². The van der Waals surface area contributed by atoms with E-state index in [9.17, 15) is 8.42 Å². The topological polar surface area (TPSA) is 66.6 Å². The zero-order valence-electron chi connectivity index (χ0n) is 12.9. The van der Waals surface area contributed by atoms with Crippen LogP contribution in [-0.2, 0) is 10.0 Å². The zero-order valence-corrected chi connectivity index (χ0v) is 13.7. The van der Waals surface area contributed by atoms with Crippen LogP contribution < -0.4 is 10.6 Å². The number of hydrogen-bond donors (Lipinski definition) is 1. The monoisotopic (exact) mass is 311 g/mol. The van der Waals surface area contributed by atoms with Gasteiger partial charge in [-0.1, -0.05) is 6.42 Å². The molecule has 0 aliphatic carbocycles. The van der Waals surface area contributed by atoms with Crippen LogP contribution in [0.15, 0.2) is 23.1 Å². The van der Waals surface area contributed by atoms with Crippen molar-refractivity contribution in [2.45, 2.75) is 38.0 Å².